The van der Waals surface area contributed by atoms with Crippen LogP contribution in [0.1, 0.15) is 11.1 Å². The number of guanidine groups is 1. The highest BCUT2D eigenvalue weighted by Gasteiger charge is 2.10. The van der Waals surface area contributed by atoms with Gasteiger partial charge in [0.25, 0.3) is 0 Å². The number of nitrogens with one attached hydrogen (secondary N) is 2. The molecule has 0 aromatic heterocycles. The predicted octanol–water partition coefficient (Wildman–Crippen LogP) is 2.76. The van der Waals surface area contributed by atoms with Crippen molar-refractivity contribution in [3.63, 3.8) is 0 Å². The number of aliphatic imine (C=N–C) groups is 1. The molecule has 0 radical (unpaired) electrons. The van der Waals surface area contributed by atoms with E-state index in [0.717, 1.165) is 17.9 Å². The van der Waals surface area contributed by atoms with E-state index in [9.17, 15) is 0 Å². The van der Waals surface area contributed by atoms with Crippen molar-refractivity contribution < 1.29 is 0 Å². The number of anilines is 1. The number of fused-ring (bicyclic) bond motifs is 1. The van der Waals surface area contributed by atoms with E-state index in [2.05, 4.69) is 27.8 Å². The van der Waals surface area contributed by atoms with Crippen LogP contribution in [0.3, 0.4) is 0 Å². The number of benzene rings is 2. The lowest BCUT2D eigenvalue weighted by molar-refractivity contribution is 0.889. The van der Waals surface area contributed by atoms with E-state index < -0.39 is 0 Å². The molecule has 0 spiro atoms. The van der Waals surface area contributed by atoms with Gasteiger partial charge in [0.15, 0.2) is 0 Å². The van der Waals surface area contributed by atoms with Crippen molar-refractivity contribution in [2.24, 2.45) is 4.99 Å². The lowest BCUT2D eigenvalue weighted by Crippen LogP contribution is -2.32. The third kappa shape index (κ3) is 2.40. The molecule has 92 valence electrons. The van der Waals surface area contributed by atoms with Crippen LogP contribution >= 0.6 is 0 Å². The number of nitriles is 1. The first kappa shape index (κ1) is 11.3. The Morgan fingerprint density at radius 2 is 2.05 bits per heavy atom. The maximum atomic E-state index is 8.87. The molecule has 2 aromatic rings. The molecule has 19 heavy (non-hydrogen) atoms. The average molecular weight is 248 g/mol. The molecular weight excluding hydrogens is 236 g/mol. The zero-order chi connectivity index (χ0) is 13.1. The van der Waals surface area contributed by atoms with Crippen LogP contribution in [0.5, 0.6) is 0 Å². The van der Waals surface area contributed by atoms with Crippen molar-refractivity contribution in [1.29, 1.82) is 5.26 Å². The molecule has 0 aliphatic carbocycles. The number of hydrogen-bond acceptors (Lipinski definition) is 4. The van der Waals surface area contributed by atoms with Gasteiger partial charge in [-0.25, -0.2) is 4.99 Å². The lowest BCUT2D eigenvalue weighted by atomic mass is 10.1. The normalized spacial score (nSPS) is 12.7. The van der Waals surface area contributed by atoms with Crippen LogP contribution in [0.4, 0.5) is 11.4 Å². The first-order valence-electron chi connectivity index (χ1n) is 6.03. The van der Waals surface area contributed by atoms with E-state index >= 15 is 0 Å². The van der Waals surface area contributed by atoms with E-state index in [1.165, 1.54) is 5.56 Å². The minimum Gasteiger partial charge on any atom is -0.352 e. The zero-order valence-corrected chi connectivity index (χ0v) is 10.2. The molecule has 0 saturated heterocycles. The maximum Gasteiger partial charge on any atom is 0.201 e. The lowest BCUT2D eigenvalue weighted by Gasteiger charge is -2.18. The van der Waals surface area contributed by atoms with Crippen LogP contribution in [-0.2, 0) is 6.54 Å². The Balaban J connectivity index is 1.85. The molecule has 3 rings (SSSR count). The first-order chi connectivity index (χ1) is 9.35. The summed E-state index contributed by atoms with van der Waals surface area (Å²) < 4.78 is 0. The van der Waals surface area contributed by atoms with Crippen LogP contribution in [0.2, 0.25) is 0 Å². The Kier molecular flexibility index (Phi) is 2.87. The van der Waals surface area contributed by atoms with Gasteiger partial charge < -0.3 is 10.6 Å². The molecule has 0 fully saturated rings. The molecule has 0 bridgehead atoms. The fourth-order valence-corrected chi connectivity index (χ4v) is 1.98. The molecule has 0 saturated carbocycles. The Hall–Kier alpha value is -2.80. The Morgan fingerprint density at radius 1 is 1.16 bits per heavy atom. The maximum absolute atomic E-state index is 8.87. The summed E-state index contributed by atoms with van der Waals surface area (Å²) >= 11 is 0. The first-order valence-corrected chi connectivity index (χ1v) is 6.03. The van der Waals surface area contributed by atoms with E-state index in [0.29, 0.717) is 11.5 Å². The summed E-state index contributed by atoms with van der Waals surface area (Å²) in [4.78, 5) is 4.51. The monoisotopic (exact) mass is 248 g/mol. The second-order valence-electron chi connectivity index (χ2n) is 4.26. The van der Waals surface area contributed by atoms with Crippen molar-refractivity contribution in [2.75, 3.05) is 5.32 Å². The largest absolute Gasteiger partial charge is 0.352 e. The van der Waals surface area contributed by atoms with E-state index in [-0.39, 0.29) is 0 Å². The number of nitrogens with zero attached hydrogens (tertiary/aromatic N) is 2. The summed E-state index contributed by atoms with van der Waals surface area (Å²) in [5, 5.41) is 15.3. The summed E-state index contributed by atoms with van der Waals surface area (Å²) in [6.07, 6.45) is 0. The zero-order valence-electron chi connectivity index (χ0n) is 10.2. The summed E-state index contributed by atoms with van der Waals surface area (Å²) in [5.41, 5.74) is 3.63. The molecular formula is C15H12N4. The van der Waals surface area contributed by atoms with Crippen LogP contribution < -0.4 is 10.6 Å². The van der Waals surface area contributed by atoms with Crippen molar-refractivity contribution in [2.45, 2.75) is 6.54 Å². The third-order valence-corrected chi connectivity index (χ3v) is 2.92. The fourth-order valence-electron chi connectivity index (χ4n) is 1.98. The highest BCUT2D eigenvalue weighted by atomic mass is 15.2. The van der Waals surface area contributed by atoms with Crippen molar-refractivity contribution in [3.05, 3.63) is 59.7 Å². The average Bonchev–Trinajstić information content (AvgIpc) is 2.47. The second kappa shape index (κ2) is 4.83. The molecule has 2 aromatic carbocycles. The highest BCUT2D eigenvalue weighted by Crippen LogP contribution is 2.22. The van der Waals surface area contributed by atoms with Gasteiger partial charge in [0.2, 0.25) is 5.96 Å². The van der Waals surface area contributed by atoms with E-state index in [1.54, 1.807) is 12.1 Å². The standard InChI is InChI=1S/C15H12N4/c16-9-11-4-3-6-13(8-11)18-15-17-10-12-5-1-2-7-14(12)19-15/h1-8H,10H2,(H2,17,18,19). The molecule has 1 aliphatic rings. The number of hydrogen-bond donors (Lipinski definition) is 2. The topological polar surface area (TPSA) is 60.2 Å². The third-order valence-electron chi connectivity index (χ3n) is 2.92. The van der Waals surface area contributed by atoms with Crippen LogP contribution in [0.25, 0.3) is 0 Å². The Bertz CT molecular complexity index is 683. The predicted molar refractivity (Wildman–Crippen MR) is 75.2 cm³/mol. The quantitative estimate of drug-likeness (QED) is 0.815. The van der Waals surface area contributed by atoms with E-state index in [1.807, 2.05) is 30.3 Å². The molecule has 1 heterocycles. The molecule has 2 N–H and O–H groups in total. The van der Waals surface area contributed by atoms with Gasteiger partial charge in [-0.1, -0.05) is 24.3 Å². The van der Waals surface area contributed by atoms with Crippen molar-refractivity contribution >= 4 is 17.3 Å². The summed E-state index contributed by atoms with van der Waals surface area (Å²) in [5.74, 6) is 0.703. The molecule has 1 aliphatic heterocycles. The van der Waals surface area contributed by atoms with Gasteiger partial charge in [-0.15, -0.1) is 0 Å². The van der Waals surface area contributed by atoms with Gasteiger partial charge in [-0.2, -0.15) is 5.26 Å². The highest BCUT2D eigenvalue weighted by molar-refractivity contribution is 5.96. The van der Waals surface area contributed by atoms with Crippen molar-refractivity contribution in [3.8, 4) is 6.07 Å². The smallest absolute Gasteiger partial charge is 0.201 e. The molecule has 4 nitrogen and oxygen atoms in total. The summed E-state index contributed by atoms with van der Waals surface area (Å²) in [7, 11) is 0. The number of rotatable bonds is 1. The second-order valence-corrected chi connectivity index (χ2v) is 4.26. The van der Waals surface area contributed by atoms with Gasteiger partial charge in [0.1, 0.15) is 0 Å². The Labute approximate surface area is 111 Å². The van der Waals surface area contributed by atoms with Crippen LogP contribution in [-0.4, -0.2) is 5.96 Å². The van der Waals surface area contributed by atoms with Gasteiger partial charge in [0, 0.05) is 12.2 Å². The Morgan fingerprint density at radius 3 is 2.95 bits per heavy atom. The minimum absolute atomic E-state index is 0.627. The van der Waals surface area contributed by atoms with Crippen LogP contribution in [0.15, 0.2) is 53.5 Å². The minimum atomic E-state index is 0.627. The molecule has 0 amide bonds. The molecule has 4 heteroatoms. The van der Waals surface area contributed by atoms with Crippen LogP contribution in [0, 0.1) is 11.3 Å². The van der Waals surface area contributed by atoms with Gasteiger partial charge in [-0.3, -0.25) is 0 Å². The SMILES string of the molecule is N#Cc1cccc(NC2=Nc3ccccc3CN2)c1. The van der Waals surface area contributed by atoms with Gasteiger partial charge in [0.05, 0.1) is 17.3 Å². The van der Waals surface area contributed by atoms with Gasteiger partial charge in [-0.05, 0) is 29.8 Å². The molecule has 0 unspecified atom stereocenters. The van der Waals surface area contributed by atoms with Gasteiger partial charge >= 0.3 is 0 Å². The summed E-state index contributed by atoms with van der Waals surface area (Å²) in [6, 6.07) is 17.5. The van der Waals surface area contributed by atoms with E-state index in [4.69, 9.17) is 5.26 Å². The van der Waals surface area contributed by atoms with Crippen molar-refractivity contribution in [1.82, 2.24) is 5.32 Å². The fraction of sp³-hybridized carbons (Fsp3) is 0.0667. The number of para-hydroxylation sites is 1. The molecule has 0 atom stereocenters. The summed E-state index contributed by atoms with van der Waals surface area (Å²) in [6.45, 7) is 0.750.